The average Bonchev–Trinajstić information content (AvgIpc) is 3.21. The molecule has 2 fully saturated rings. The van der Waals surface area contributed by atoms with Crippen LogP contribution in [0.2, 0.25) is 0 Å². The molecule has 3 heterocycles. The average molecular weight is 373 g/mol. The lowest BCUT2D eigenvalue weighted by Gasteiger charge is -2.49. The predicted octanol–water partition coefficient (Wildman–Crippen LogP) is 1.97. The van der Waals surface area contributed by atoms with Gasteiger partial charge in [0.15, 0.2) is 11.5 Å². The number of ether oxygens (including phenoxy) is 4. The van der Waals surface area contributed by atoms with E-state index in [1.807, 2.05) is 12.1 Å². The molecule has 7 nitrogen and oxygen atoms in total. The number of hydrogen-bond acceptors (Lipinski definition) is 7. The Bertz CT molecular complexity index is 808. The van der Waals surface area contributed by atoms with Gasteiger partial charge in [-0.15, -0.1) is 0 Å². The van der Waals surface area contributed by atoms with Crippen LogP contribution < -0.4 is 9.47 Å². The van der Waals surface area contributed by atoms with Gasteiger partial charge in [-0.05, 0) is 48.6 Å². The van der Waals surface area contributed by atoms with Crippen LogP contribution in [0.1, 0.15) is 43.7 Å². The summed E-state index contributed by atoms with van der Waals surface area (Å²) in [7, 11) is 0. The third kappa shape index (κ3) is 2.67. The molecule has 0 radical (unpaired) electrons. The number of rotatable bonds is 2. The molecule has 3 aliphatic heterocycles. The molecule has 1 aliphatic carbocycles. The van der Waals surface area contributed by atoms with Crippen molar-refractivity contribution in [3.63, 3.8) is 0 Å². The first kappa shape index (κ1) is 16.9. The second-order valence-electron chi connectivity index (χ2n) is 7.90. The van der Waals surface area contributed by atoms with Gasteiger partial charge in [-0.1, -0.05) is 0 Å². The molecule has 27 heavy (non-hydrogen) atoms. The maximum atomic E-state index is 11.9. The number of nitrogens with zero attached hydrogens (tertiary/aromatic N) is 1. The largest absolute Gasteiger partial charge is 0.459 e. The molecular weight excluding hydrogens is 350 g/mol. The fraction of sp³-hybridized carbons (Fsp3) is 0.600. The highest BCUT2D eigenvalue weighted by molar-refractivity contribution is 5.68. The molecule has 1 aromatic carbocycles. The maximum absolute atomic E-state index is 11.9. The predicted molar refractivity (Wildman–Crippen MR) is 93.3 cm³/mol. The molecule has 0 N–H and O–H groups in total. The van der Waals surface area contributed by atoms with Gasteiger partial charge in [0, 0.05) is 32.4 Å². The Kier molecular flexibility index (Phi) is 3.82. The number of carbonyl (C=O) groups is 2. The fourth-order valence-electron chi connectivity index (χ4n) is 5.47. The van der Waals surface area contributed by atoms with Gasteiger partial charge in [0.25, 0.3) is 0 Å². The van der Waals surface area contributed by atoms with Crippen LogP contribution in [0.5, 0.6) is 11.5 Å². The summed E-state index contributed by atoms with van der Waals surface area (Å²) in [6.07, 6.45) is 0.878. The maximum Gasteiger partial charge on any atom is 0.303 e. The van der Waals surface area contributed by atoms with Crippen molar-refractivity contribution >= 4 is 11.9 Å². The monoisotopic (exact) mass is 373 g/mol. The molecule has 1 saturated carbocycles. The Hall–Kier alpha value is -2.28. The normalized spacial score (nSPS) is 33.2. The van der Waals surface area contributed by atoms with E-state index in [4.69, 9.17) is 18.9 Å². The summed E-state index contributed by atoms with van der Waals surface area (Å²) in [6.45, 7) is 4.90. The fourth-order valence-corrected chi connectivity index (χ4v) is 5.47. The van der Waals surface area contributed by atoms with Crippen molar-refractivity contribution in [1.29, 1.82) is 0 Å². The Balaban J connectivity index is 1.61. The molecule has 4 aliphatic rings. The van der Waals surface area contributed by atoms with Crippen molar-refractivity contribution < 1.29 is 28.5 Å². The van der Waals surface area contributed by atoms with Crippen molar-refractivity contribution in [1.82, 2.24) is 4.90 Å². The smallest absolute Gasteiger partial charge is 0.303 e. The van der Waals surface area contributed by atoms with Crippen LogP contribution in [0.25, 0.3) is 0 Å². The highest BCUT2D eigenvalue weighted by Gasteiger charge is 2.55. The first-order chi connectivity index (χ1) is 13.0. The van der Waals surface area contributed by atoms with Crippen LogP contribution >= 0.6 is 0 Å². The summed E-state index contributed by atoms with van der Waals surface area (Å²) in [5.41, 5.74) is 2.29. The molecule has 0 amide bonds. The summed E-state index contributed by atoms with van der Waals surface area (Å²) in [4.78, 5) is 26.0. The van der Waals surface area contributed by atoms with Gasteiger partial charge in [0.1, 0.15) is 12.2 Å². The molecule has 1 aromatic rings. The topological polar surface area (TPSA) is 74.3 Å². The van der Waals surface area contributed by atoms with E-state index in [1.165, 1.54) is 19.4 Å². The van der Waals surface area contributed by atoms with Crippen LogP contribution in [0.15, 0.2) is 12.1 Å². The van der Waals surface area contributed by atoms with Gasteiger partial charge < -0.3 is 18.9 Å². The summed E-state index contributed by atoms with van der Waals surface area (Å²) < 4.78 is 22.5. The summed E-state index contributed by atoms with van der Waals surface area (Å²) >= 11 is 0. The SMILES string of the molecule is CC(=O)O[C@@H]1[C@H](OC(C)=O)CC2CCN3Cc4cc5c(cc4[C@H]1C23)OCO5. The van der Waals surface area contributed by atoms with Gasteiger partial charge in [0.2, 0.25) is 6.79 Å². The van der Waals surface area contributed by atoms with E-state index in [1.54, 1.807) is 0 Å². The first-order valence-electron chi connectivity index (χ1n) is 9.52. The van der Waals surface area contributed by atoms with E-state index in [2.05, 4.69) is 4.90 Å². The molecule has 144 valence electrons. The summed E-state index contributed by atoms with van der Waals surface area (Å²) in [5.74, 6) is 1.18. The van der Waals surface area contributed by atoms with Gasteiger partial charge in [0.05, 0.1) is 0 Å². The van der Waals surface area contributed by atoms with E-state index in [0.717, 1.165) is 43.0 Å². The van der Waals surface area contributed by atoms with Crippen LogP contribution in [-0.2, 0) is 25.6 Å². The minimum absolute atomic E-state index is 0.0437. The summed E-state index contributed by atoms with van der Waals surface area (Å²) in [6, 6.07) is 4.36. The van der Waals surface area contributed by atoms with Crippen molar-refractivity contribution in [2.75, 3.05) is 13.3 Å². The molecule has 2 unspecified atom stereocenters. The number of fused-ring (bicyclic) bond motifs is 3. The Morgan fingerprint density at radius 1 is 1.11 bits per heavy atom. The van der Waals surface area contributed by atoms with Crippen molar-refractivity contribution in [3.8, 4) is 11.5 Å². The highest BCUT2D eigenvalue weighted by Crippen LogP contribution is 2.52. The van der Waals surface area contributed by atoms with Gasteiger partial charge >= 0.3 is 11.9 Å². The summed E-state index contributed by atoms with van der Waals surface area (Å²) in [5, 5.41) is 0. The Morgan fingerprint density at radius 2 is 1.85 bits per heavy atom. The lowest BCUT2D eigenvalue weighted by molar-refractivity contribution is -0.176. The van der Waals surface area contributed by atoms with E-state index in [9.17, 15) is 9.59 Å². The number of hydrogen-bond donors (Lipinski definition) is 0. The van der Waals surface area contributed by atoms with Crippen molar-refractivity contribution in [2.45, 2.75) is 57.4 Å². The number of benzene rings is 1. The van der Waals surface area contributed by atoms with E-state index < -0.39 is 12.2 Å². The third-order valence-electron chi connectivity index (χ3n) is 6.30. The Labute approximate surface area is 157 Å². The van der Waals surface area contributed by atoms with Crippen LogP contribution in [0.4, 0.5) is 0 Å². The molecule has 7 heteroatoms. The Morgan fingerprint density at radius 3 is 2.59 bits per heavy atom. The van der Waals surface area contributed by atoms with Gasteiger partial charge in [-0.3, -0.25) is 14.5 Å². The van der Waals surface area contributed by atoms with Crippen molar-refractivity contribution in [3.05, 3.63) is 23.3 Å². The second-order valence-corrected chi connectivity index (χ2v) is 7.90. The standard InChI is InChI=1S/C20H23NO6/c1-10(22)26-17-5-12-3-4-21-8-13-6-15-16(25-9-24-15)7-14(13)18(19(12)21)20(17)27-11(2)23/h6-7,12,17-20H,3-5,8-9H2,1-2H3/t12?,17-,18+,19?,20-/m1/s1. The first-order valence-corrected chi connectivity index (χ1v) is 9.52. The number of esters is 2. The van der Waals surface area contributed by atoms with E-state index in [-0.39, 0.29) is 30.7 Å². The molecular formula is C20H23NO6. The lowest BCUT2D eigenvalue weighted by atomic mass is 9.68. The zero-order valence-corrected chi connectivity index (χ0v) is 15.5. The highest BCUT2D eigenvalue weighted by atomic mass is 16.7. The molecule has 1 saturated heterocycles. The molecule has 5 atom stereocenters. The van der Waals surface area contributed by atoms with E-state index in [0.29, 0.717) is 5.92 Å². The molecule has 0 spiro atoms. The zero-order valence-electron chi connectivity index (χ0n) is 15.5. The third-order valence-corrected chi connectivity index (χ3v) is 6.30. The van der Waals surface area contributed by atoms with Crippen LogP contribution in [-0.4, -0.2) is 48.4 Å². The minimum Gasteiger partial charge on any atom is -0.459 e. The van der Waals surface area contributed by atoms with Gasteiger partial charge in [-0.2, -0.15) is 0 Å². The second kappa shape index (κ2) is 6.12. The van der Waals surface area contributed by atoms with Gasteiger partial charge in [-0.25, -0.2) is 0 Å². The molecule has 5 rings (SSSR count). The zero-order chi connectivity index (χ0) is 18.7. The van der Waals surface area contributed by atoms with E-state index >= 15 is 0 Å². The molecule has 0 bridgehead atoms. The van der Waals surface area contributed by atoms with Crippen LogP contribution in [0.3, 0.4) is 0 Å². The van der Waals surface area contributed by atoms with Crippen molar-refractivity contribution in [2.24, 2.45) is 5.92 Å². The lowest BCUT2D eigenvalue weighted by Crippen LogP contribution is -2.55. The quantitative estimate of drug-likeness (QED) is 0.734. The minimum atomic E-state index is -0.493. The number of carbonyl (C=O) groups excluding carboxylic acids is 2. The molecule has 0 aromatic heterocycles. The van der Waals surface area contributed by atoms with Crippen LogP contribution in [0, 0.1) is 5.92 Å².